The number of carbonyl (C=O) groups is 2. The van der Waals surface area contributed by atoms with E-state index in [1.54, 1.807) is 6.92 Å². The Morgan fingerprint density at radius 1 is 1.29 bits per heavy atom. The van der Waals surface area contributed by atoms with Crippen molar-refractivity contribution in [3.8, 4) is 5.75 Å². The maximum atomic E-state index is 12.6. The molecule has 1 N–H and O–H groups in total. The van der Waals surface area contributed by atoms with Crippen molar-refractivity contribution >= 4 is 21.8 Å². The molecule has 114 valence electrons. The van der Waals surface area contributed by atoms with Crippen molar-refractivity contribution in [1.29, 1.82) is 0 Å². The Morgan fingerprint density at radius 2 is 1.90 bits per heavy atom. The highest BCUT2D eigenvalue weighted by Crippen LogP contribution is 2.23. The minimum atomic E-state index is -3.92. The molecule has 1 heterocycles. The zero-order chi connectivity index (χ0) is 15.6. The van der Waals surface area contributed by atoms with Gasteiger partial charge in [0.1, 0.15) is 11.8 Å². The molecule has 8 heteroatoms. The molecule has 0 aliphatic carbocycles. The van der Waals surface area contributed by atoms with Crippen LogP contribution in [0.25, 0.3) is 0 Å². The number of rotatable bonds is 4. The normalized spacial score (nSPS) is 20.2. The number of methoxy groups -OCH3 is 1. The average molecular weight is 312 g/mol. The summed E-state index contributed by atoms with van der Waals surface area (Å²) in [6.45, 7) is 1.33. The Morgan fingerprint density at radius 3 is 2.43 bits per heavy atom. The Hall–Kier alpha value is -1.93. The lowest BCUT2D eigenvalue weighted by atomic mass is 10.2. The van der Waals surface area contributed by atoms with Crippen molar-refractivity contribution in [3.63, 3.8) is 0 Å². The van der Waals surface area contributed by atoms with Crippen molar-refractivity contribution in [2.75, 3.05) is 13.7 Å². The van der Waals surface area contributed by atoms with Gasteiger partial charge in [-0.3, -0.25) is 14.9 Å². The van der Waals surface area contributed by atoms with Crippen LogP contribution in [-0.2, 0) is 19.6 Å². The first-order chi connectivity index (χ1) is 9.90. The number of nitrogens with one attached hydrogen (secondary N) is 1. The van der Waals surface area contributed by atoms with Gasteiger partial charge in [0.2, 0.25) is 21.8 Å². The maximum absolute atomic E-state index is 12.6. The lowest BCUT2D eigenvalue weighted by Gasteiger charge is -2.32. The molecule has 0 spiro atoms. The molecule has 2 amide bonds. The van der Waals surface area contributed by atoms with Gasteiger partial charge in [-0.2, -0.15) is 4.31 Å². The summed E-state index contributed by atoms with van der Waals surface area (Å²) in [6.07, 6.45) is 0.286. The lowest BCUT2D eigenvalue weighted by molar-refractivity contribution is -0.137. The molecule has 0 aromatic heterocycles. The lowest BCUT2D eigenvalue weighted by Crippen LogP contribution is -2.59. The topological polar surface area (TPSA) is 92.8 Å². The van der Waals surface area contributed by atoms with Gasteiger partial charge in [0, 0.05) is 0 Å². The van der Waals surface area contributed by atoms with Gasteiger partial charge in [-0.1, -0.05) is 6.92 Å². The fourth-order valence-electron chi connectivity index (χ4n) is 2.17. The fraction of sp³-hybridized carbons (Fsp3) is 0.385. The molecule has 1 atom stereocenters. The molecule has 21 heavy (non-hydrogen) atoms. The Balaban J connectivity index is 2.40. The molecule has 1 aliphatic rings. The van der Waals surface area contributed by atoms with E-state index in [1.165, 1.54) is 31.4 Å². The van der Waals surface area contributed by atoms with Crippen molar-refractivity contribution in [3.05, 3.63) is 24.3 Å². The average Bonchev–Trinajstić information content (AvgIpc) is 2.46. The van der Waals surface area contributed by atoms with Crippen LogP contribution in [0.1, 0.15) is 13.3 Å². The first-order valence-corrected chi connectivity index (χ1v) is 7.83. The van der Waals surface area contributed by atoms with Crippen LogP contribution in [0.4, 0.5) is 0 Å². The standard InChI is InChI=1S/C13H16N2O5S/c1-3-11-13(17)14-12(16)8-15(11)21(18,19)10-6-4-9(20-2)5-7-10/h4-7,11H,3,8H2,1-2H3,(H,14,16,17). The Kier molecular flexibility index (Phi) is 4.29. The van der Waals surface area contributed by atoms with E-state index in [2.05, 4.69) is 5.32 Å². The molecular weight excluding hydrogens is 296 g/mol. The summed E-state index contributed by atoms with van der Waals surface area (Å²) < 4.78 is 31.1. The quantitative estimate of drug-likeness (QED) is 0.797. The van der Waals surface area contributed by atoms with Gasteiger partial charge in [0.25, 0.3) is 0 Å². The zero-order valence-corrected chi connectivity index (χ0v) is 12.5. The van der Waals surface area contributed by atoms with Gasteiger partial charge < -0.3 is 4.74 Å². The number of hydrogen-bond acceptors (Lipinski definition) is 5. The molecule has 0 saturated carbocycles. The van der Waals surface area contributed by atoms with Crippen LogP contribution < -0.4 is 10.1 Å². The van der Waals surface area contributed by atoms with Crippen LogP contribution in [0.5, 0.6) is 5.75 Å². The minimum Gasteiger partial charge on any atom is -0.497 e. The summed E-state index contributed by atoms with van der Waals surface area (Å²) in [5.41, 5.74) is 0. The maximum Gasteiger partial charge on any atom is 0.245 e. The zero-order valence-electron chi connectivity index (χ0n) is 11.7. The third-order valence-corrected chi connectivity index (χ3v) is 5.13. The number of nitrogens with zero attached hydrogens (tertiary/aromatic N) is 1. The first-order valence-electron chi connectivity index (χ1n) is 6.39. The number of amides is 2. The summed E-state index contributed by atoms with van der Waals surface area (Å²) in [5, 5.41) is 2.15. The number of ether oxygens (including phenoxy) is 1. The molecular formula is C13H16N2O5S. The van der Waals surface area contributed by atoms with E-state index < -0.39 is 27.9 Å². The van der Waals surface area contributed by atoms with Crippen LogP contribution >= 0.6 is 0 Å². The first kappa shape index (κ1) is 15.5. The Bertz CT molecular complexity index is 654. The molecule has 1 aliphatic heterocycles. The summed E-state index contributed by atoms with van der Waals surface area (Å²) in [6, 6.07) is 4.92. The highest BCUT2D eigenvalue weighted by Gasteiger charge is 2.40. The molecule has 7 nitrogen and oxygen atoms in total. The van der Waals surface area contributed by atoms with Gasteiger partial charge in [0.15, 0.2) is 0 Å². The van der Waals surface area contributed by atoms with E-state index in [9.17, 15) is 18.0 Å². The predicted octanol–water partition coefficient (Wildman–Crippen LogP) is 0.121. The predicted molar refractivity (Wildman–Crippen MR) is 74.1 cm³/mol. The van der Waals surface area contributed by atoms with Crippen LogP contribution in [0.2, 0.25) is 0 Å². The highest BCUT2D eigenvalue weighted by atomic mass is 32.2. The van der Waals surface area contributed by atoms with Crippen molar-refractivity contribution in [1.82, 2.24) is 9.62 Å². The third kappa shape index (κ3) is 2.91. The number of sulfonamides is 1. The van der Waals surface area contributed by atoms with E-state index in [1.807, 2.05) is 0 Å². The van der Waals surface area contributed by atoms with Crippen molar-refractivity contribution < 1.29 is 22.7 Å². The van der Waals surface area contributed by atoms with Crippen LogP contribution in [0.15, 0.2) is 29.2 Å². The molecule has 0 bridgehead atoms. The molecule has 1 fully saturated rings. The number of piperazine rings is 1. The second-order valence-electron chi connectivity index (χ2n) is 4.56. The molecule has 1 aromatic rings. The second-order valence-corrected chi connectivity index (χ2v) is 6.45. The fourth-order valence-corrected chi connectivity index (χ4v) is 3.79. The number of benzene rings is 1. The SMILES string of the molecule is CCC1C(=O)NC(=O)CN1S(=O)(=O)c1ccc(OC)cc1. The molecule has 2 rings (SSSR count). The van der Waals surface area contributed by atoms with Crippen LogP contribution in [-0.4, -0.2) is 44.2 Å². The largest absolute Gasteiger partial charge is 0.497 e. The van der Waals surface area contributed by atoms with Crippen molar-refractivity contribution in [2.45, 2.75) is 24.3 Å². The summed E-state index contributed by atoms with van der Waals surface area (Å²) in [5.74, 6) is -0.693. The highest BCUT2D eigenvalue weighted by molar-refractivity contribution is 7.89. The van der Waals surface area contributed by atoms with Crippen LogP contribution in [0, 0.1) is 0 Å². The number of carbonyl (C=O) groups excluding carboxylic acids is 2. The third-order valence-electron chi connectivity index (χ3n) is 3.27. The molecule has 1 aromatic carbocycles. The van der Waals surface area contributed by atoms with E-state index >= 15 is 0 Å². The van der Waals surface area contributed by atoms with Crippen LogP contribution in [0.3, 0.4) is 0 Å². The smallest absolute Gasteiger partial charge is 0.245 e. The van der Waals surface area contributed by atoms with E-state index in [0.29, 0.717) is 5.75 Å². The second kappa shape index (κ2) is 5.82. The van der Waals surface area contributed by atoms with Crippen molar-refractivity contribution in [2.24, 2.45) is 0 Å². The molecule has 1 saturated heterocycles. The summed E-state index contributed by atoms with van der Waals surface area (Å²) in [4.78, 5) is 23.3. The van der Waals surface area contributed by atoms with Gasteiger partial charge in [-0.15, -0.1) is 0 Å². The van der Waals surface area contributed by atoms with Gasteiger partial charge >= 0.3 is 0 Å². The monoisotopic (exact) mass is 312 g/mol. The molecule has 0 radical (unpaired) electrons. The minimum absolute atomic E-state index is 0.0178. The molecule has 1 unspecified atom stereocenters. The summed E-state index contributed by atoms with van der Waals surface area (Å²) >= 11 is 0. The van der Waals surface area contributed by atoms with Gasteiger partial charge in [0.05, 0.1) is 18.6 Å². The van der Waals surface area contributed by atoms with Gasteiger partial charge in [-0.25, -0.2) is 8.42 Å². The number of imide groups is 1. The van der Waals surface area contributed by atoms with E-state index in [4.69, 9.17) is 4.74 Å². The van der Waals surface area contributed by atoms with E-state index in [-0.39, 0.29) is 17.9 Å². The van der Waals surface area contributed by atoms with E-state index in [0.717, 1.165) is 4.31 Å². The number of hydrogen-bond donors (Lipinski definition) is 1. The Labute approximate surface area is 122 Å². The summed E-state index contributed by atoms with van der Waals surface area (Å²) in [7, 11) is -2.44. The van der Waals surface area contributed by atoms with Gasteiger partial charge in [-0.05, 0) is 30.7 Å².